The van der Waals surface area contributed by atoms with Crippen molar-refractivity contribution in [1.82, 2.24) is 0 Å². The first kappa shape index (κ1) is 8.49. The van der Waals surface area contributed by atoms with E-state index < -0.39 is 0 Å². The van der Waals surface area contributed by atoms with Crippen LogP contribution in [-0.4, -0.2) is 12.3 Å². The molecule has 1 aromatic rings. The number of pyridine rings is 1. The van der Waals surface area contributed by atoms with Crippen molar-refractivity contribution in [3.05, 3.63) is 28.5 Å². The third kappa shape index (κ3) is 2.17. The fourth-order valence-corrected chi connectivity index (χ4v) is 1.00. The summed E-state index contributed by atoms with van der Waals surface area (Å²) >= 11 is 3.15. The molecular formula is C7H9BrNO2+. The van der Waals surface area contributed by atoms with Crippen molar-refractivity contribution in [3.63, 3.8) is 0 Å². The summed E-state index contributed by atoms with van der Waals surface area (Å²) < 4.78 is 6.51. The van der Waals surface area contributed by atoms with Crippen LogP contribution in [0.25, 0.3) is 0 Å². The summed E-state index contributed by atoms with van der Waals surface area (Å²) in [5, 5.41) is 9.14. The zero-order chi connectivity index (χ0) is 8.27. The molecule has 3 nitrogen and oxygen atoms in total. The number of nitrogens with zero attached hydrogens (tertiary/aromatic N) is 1. The summed E-state index contributed by atoms with van der Waals surface area (Å²) in [6, 6.07) is 3.63. The number of methoxy groups -OCH3 is 1. The number of hydrogen-bond acceptors (Lipinski definition) is 2. The summed E-state index contributed by atoms with van der Waals surface area (Å²) in [5.74, 6) is 0. The molecule has 0 aliphatic heterocycles. The third-order valence-corrected chi connectivity index (χ3v) is 1.88. The number of hydrogen-bond donors (Lipinski definition) is 1. The number of ether oxygens (including phenoxy) is 1. The Labute approximate surface area is 73.3 Å². The second-order valence-electron chi connectivity index (χ2n) is 2.14. The molecule has 0 aromatic carbocycles. The van der Waals surface area contributed by atoms with Crippen LogP contribution in [-0.2, 0) is 11.3 Å². The minimum absolute atomic E-state index is 0.508. The van der Waals surface area contributed by atoms with Crippen LogP contribution in [0.2, 0.25) is 0 Å². The van der Waals surface area contributed by atoms with Gasteiger partial charge in [0.2, 0.25) is 6.20 Å². The lowest BCUT2D eigenvalue weighted by Gasteiger charge is -1.94. The first-order valence-electron chi connectivity index (χ1n) is 3.12. The summed E-state index contributed by atoms with van der Waals surface area (Å²) in [4.78, 5) is 0. The number of rotatable bonds is 2. The highest BCUT2D eigenvalue weighted by atomic mass is 79.9. The van der Waals surface area contributed by atoms with E-state index in [2.05, 4.69) is 15.9 Å². The van der Waals surface area contributed by atoms with Crippen molar-refractivity contribution in [2.24, 2.45) is 0 Å². The molecule has 0 spiro atoms. The Morgan fingerprint density at radius 1 is 1.64 bits per heavy atom. The third-order valence-electron chi connectivity index (χ3n) is 1.25. The van der Waals surface area contributed by atoms with Gasteiger partial charge in [-0.05, 0) is 6.07 Å². The second-order valence-corrected chi connectivity index (χ2v) is 2.95. The molecule has 4 heteroatoms. The lowest BCUT2D eigenvalue weighted by atomic mass is 10.3. The highest BCUT2D eigenvalue weighted by Crippen LogP contribution is 2.04. The highest BCUT2D eigenvalue weighted by molar-refractivity contribution is 9.10. The van der Waals surface area contributed by atoms with Gasteiger partial charge in [-0.25, -0.2) is 0 Å². The molecule has 0 unspecified atom stereocenters. The van der Waals surface area contributed by atoms with Crippen molar-refractivity contribution >= 4 is 15.9 Å². The van der Waals surface area contributed by atoms with Crippen LogP contribution < -0.4 is 4.73 Å². The molecule has 0 atom stereocenters. The lowest BCUT2D eigenvalue weighted by molar-refractivity contribution is -0.913. The van der Waals surface area contributed by atoms with Crippen LogP contribution in [0, 0.1) is 0 Å². The van der Waals surface area contributed by atoms with Gasteiger partial charge >= 0.3 is 0 Å². The second kappa shape index (κ2) is 3.69. The van der Waals surface area contributed by atoms with Crippen molar-refractivity contribution < 1.29 is 14.7 Å². The van der Waals surface area contributed by atoms with Gasteiger partial charge in [0.05, 0.1) is 6.61 Å². The molecule has 1 rings (SSSR count). The van der Waals surface area contributed by atoms with E-state index in [0.29, 0.717) is 11.2 Å². The molecular weight excluding hydrogens is 210 g/mol. The maximum Gasteiger partial charge on any atom is 0.298 e. The van der Waals surface area contributed by atoms with Crippen LogP contribution in [0.5, 0.6) is 0 Å². The highest BCUT2D eigenvalue weighted by Gasteiger charge is 2.06. The van der Waals surface area contributed by atoms with Gasteiger partial charge in [0, 0.05) is 39.4 Å². The first-order valence-corrected chi connectivity index (χ1v) is 3.91. The Bertz CT molecular complexity index is 252. The molecule has 11 heavy (non-hydrogen) atoms. The minimum Gasteiger partial charge on any atom is -0.380 e. The van der Waals surface area contributed by atoms with E-state index in [1.165, 1.54) is 0 Å². The SMILES string of the molecule is COCc1ccc(Br)[n+](O)c1. The monoisotopic (exact) mass is 218 g/mol. The van der Waals surface area contributed by atoms with Crippen molar-refractivity contribution in [2.75, 3.05) is 7.11 Å². The Morgan fingerprint density at radius 3 is 2.91 bits per heavy atom. The first-order chi connectivity index (χ1) is 5.24. The Morgan fingerprint density at radius 2 is 2.36 bits per heavy atom. The molecule has 0 radical (unpaired) electrons. The Hall–Kier alpha value is -0.610. The van der Waals surface area contributed by atoms with Crippen molar-refractivity contribution in [3.8, 4) is 0 Å². The molecule has 0 amide bonds. The Balaban J connectivity index is 2.86. The number of aromatic nitrogens is 1. The molecule has 60 valence electrons. The summed E-state index contributed by atoms with van der Waals surface area (Å²) in [6.07, 6.45) is 1.59. The predicted molar refractivity (Wildman–Crippen MR) is 42.2 cm³/mol. The van der Waals surface area contributed by atoms with Gasteiger partial charge in [0.1, 0.15) is 0 Å². The van der Waals surface area contributed by atoms with Gasteiger partial charge in [-0.15, -0.1) is 0 Å². The van der Waals surface area contributed by atoms with Gasteiger partial charge in [-0.2, -0.15) is 0 Å². The molecule has 1 aromatic heterocycles. The largest absolute Gasteiger partial charge is 0.380 e. The van der Waals surface area contributed by atoms with Gasteiger partial charge < -0.3 is 4.74 Å². The van der Waals surface area contributed by atoms with Crippen LogP contribution in [0.15, 0.2) is 22.9 Å². The van der Waals surface area contributed by atoms with Crippen LogP contribution >= 0.6 is 15.9 Å². The smallest absolute Gasteiger partial charge is 0.298 e. The molecule has 0 bridgehead atoms. The standard InChI is InChI=1S/C7H9BrNO2/c1-11-5-6-2-3-7(8)9(10)4-6/h2-4,10H,5H2,1H3/q+1. The van der Waals surface area contributed by atoms with E-state index in [9.17, 15) is 0 Å². The molecule has 0 aliphatic carbocycles. The molecule has 1 heterocycles. The van der Waals surface area contributed by atoms with Gasteiger partial charge in [0.15, 0.2) is 0 Å². The normalized spacial score (nSPS) is 10.0. The van der Waals surface area contributed by atoms with E-state index in [-0.39, 0.29) is 0 Å². The predicted octanol–water partition coefficient (Wildman–Crippen LogP) is 1.12. The van der Waals surface area contributed by atoms with E-state index in [1.807, 2.05) is 6.07 Å². The number of halogens is 1. The van der Waals surface area contributed by atoms with Gasteiger partial charge in [-0.3, -0.25) is 5.21 Å². The fourth-order valence-electron chi connectivity index (χ4n) is 0.766. The van der Waals surface area contributed by atoms with Crippen molar-refractivity contribution in [2.45, 2.75) is 6.61 Å². The van der Waals surface area contributed by atoms with E-state index in [1.54, 1.807) is 19.4 Å². The molecule has 0 aliphatic rings. The zero-order valence-corrected chi connectivity index (χ0v) is 7.71. The van der Waals surface area contributed by atoms with Crippen LogP contribution in [0.3, 0.4) is 0 Å². The topological polar surface area (TPSA) is 33.3 Å². The maximum absolute atomic E-state index is 9.14. The van der Waals surface area contributed by atoms with Crippen molar-refractivity contribution in [1.29, 1.82) is 0 Å². The van der Waals surface area contributed by atoms with Crippen LogP contribution in [0.4, 0.5) is 0 Å². The fraction of sp³-hybridized carbons (Fsp3) is 0.286. The maximum atomic E-state index is 9.14. The lowest BCUT2D eigenvalue weighted by Crippen LogP contribution is -2.31. The molecule has 0 fully saturated rings. The summed E-state index contributed by atoms with van der Waals surface area (Å²) in [6.45, 7) is 0.508. The summed E-state index contributed by atoms with van der Waals surface area (Å²) in [5.41, 5.74) is 0.929. The molecule has 0 saturated heterocycles. The minimum atomic E-state index is 0.508. The van der Waals surface area contributed by atoms with Gasteiger partial charge in [0.25, 0.3) is 4.60 Å². The zero-order valence-electron chi connectivity index (χ0n) is 6.12. The summed E-state index contributed by atoms with van der Waals surface area (Å²) in [7, 11) is 1.61. The van der Waals surface area contributed by atoms with Crippen LogP contribution in [0.1, 0.15) is 5.56 Å². The average molecular weight is 219 g/mol. The molecule has 1 N–H and O–H groups in total. The molecule has 0 saturated carbocycles. The average Bonchev–Trinajstić information content (AvgIpc) is 1.98. The van der Waals surface area contributed by atoms with Gasteiger partial charge in [-0.1, -0.05) is 0 Å². The Kier molecular flexibility index (Phi) is 2.84. The quantitative estimate of drug-likeness (QED) is 0.459. The van der Waals surface area contributed by atoms with E-state index in [0.717, 1.165) is 10.3 Å². The van der Waals surface area contributed by atoms with E-state index >= 15 is 0 Å². The van der Waals surface area contributed by atoms with E-state index in [4.69, 9.17) is 9.94 Å².